The molecule has 25 heavy (non-hydrogen) atoms. The van der Waals surface area contributed by atoms with Gasteiger partial charge in [0.05, 0.1) is 5.56 Å². The SMILES string of the molecule is Fc1ccccc1-c1nnc2ccc(Oc3c(F)cccc3F)nn12. The van der Waals surface area contributed by atoms with Gasteiger partial charge in [-0.3, -0.25) is 0 Å². The molecule has 0 aliphatic carbocycles. The Labute approximate surface area is 139 Å². The zero-order chi connectivity index (χ0) is 17.4. The van der Waals surface area contributed by atoms with Crippen molar-refractivity contribution in [2.75, 3.05) is 0 Å². The second-order valence-corrected chi connectivity index (χ2v) is 5.10. The van der Waals surface area contributed by atoms with E-state index >= 15 is 0 Å². The molecule has 0 spiro atoms. The predicted octanol–water partition coefficient (Wildman–Crippen LogP) is 4.00. The molecular weight excluding hydrogens is 333 g/mol. The number of rotatable bonds is 3. The van der Waals surface area contributed by atoms with E-state index in [0.717, 1.165) is 12.1 Å². The molecule has 0 amide bonds. The van der Waals surface area contributed by atoms with Crippen LogP contribution in [0.25, 0.3) is 17.0 Å². The van der Waals surface area contributed by atoms with Gasteiger partial charge in [0.15, 0.2) is 23.1 Å². The van der Waals surface area contributed by atoms with E-state index in [1.54, 1.807) is 12.1 Å². The third kappa shape index (κ3) is 2.67. The average molecular weight is 342 g/mol. The van der Waals surface area contributed by atoms with Gasteiger partial charge >= 0.3 is 0 Å². The van der Waals surface area contributed by atoms with E-state index < -0.39 is 23.2 Å². The van der Waals surface area contributed by atoms with Crippen molar-refractivity contribution in [3.05, 3.63) is 72.0 Å². The Kier molecular flexibility index (Phi) is 3.57. The molecule has 0 saturated heterocycles. The highest BCUT2D eigenvalue weighted by Gasteiger charge is 2.16. The monoisotopic (exact) mass is 342 g/mol. The van der Waals surface area contributed by atoms with Gasteiger partial charge < -0.3 is 4.74 Å². The third-order valence-corrected chi connectivity index (χ3v) is 3.48. The fraction of sp³-hybridized carbons (Fsp3) is 0. The van der Waals surface area contributed by atoms with Gasteiger partial charge in [-0.1, -0.05) is 18.2 Å². The van der Waals surface area contributed by atoms with Crippen LogP contribution in [0.5, 0.6) is 11.6 Å². The Hall–Kier alpha value is -3.42. The minimum atomic E-state index is -0.861. The fourth-order valence-corrected chi connectivity index (χ4v) is 2.32. The van der Waals surface area contributed by atoms with Crippen molar-refractivity contribution in [1.82, 2.24) is 19.8 Å². The topological polar surface area (TPSA) is 52.3 Å². The minimum absolute atomic E-state index is 0.0890. The second-order valence-electron chi connectivity index (χ2n) is 5.10. The van der Waals surface area contributed by atoms with Crippen molar-refractivity contribution in [2.24, 2.45) is 0 Å². The van der Waals surface area contributed by atoms with Gasteiger partial charge in [-0.2, -0.15) is 4.52 Å². The molecule has 2 heterocycles. The maximum absolute atomic E-state index is 14.0. The molecule has 0 bridgehead atoms. The Morgan fingerprint density at radius 3 is 2.24 bits per heavy atom. The first-order valence-electron chi connectivity index (χ1n) is 7.23. The van der Waals surface area contributed by atoms with Gasteiger partial charge in [-0.05, 0) is 30.3 Å². The number of hydrogen-bond donors (Lipinski definition) is 0. The largest absolute Gasteiger partial charge is 0.431 e. The van der Waals surface area contributed by atoms with E-state index in [9.17, 15) is 13.2 Å². The number of aromatic nitrogens is 4. The fourth-order valence-electron chi connectivity index (χ4n) is 2.32. The molecule has 0 radical (unpaired) electrons. The summed E-state index contributed by atoms with van der Waals surface area (Å²) in [6.45, 7) is 0. The Bertz CT molecular complexity index is 1060. The summed E-state index contributed by atoms with van der Waals surface area (Å²) in [5, 5.41) is 11.9. The maximum Gasteiger partial charge on any atom is 0.237 e. The number of hydrogen-bond acceptors (Lipinski definition) is 4. The lowest BCUT2D eigenvalue weighted by Gasteiger charge is -2.07. The van der Waals surface area contributed by atoms with Crippen molar-refractivity contribution in [3.8, 4) is 23.0 Å². The van der Waals surface area contributed by atoms with Crippen LogP contribution in [0, 0.1) is 17.5 Å². The van der Waals surface area contributed by atoms with Crippen LogP contribution in [-0.2, 0) is 0 Å². The van der Waals surface area contributed by atoms with E-state index in [4.69, 9.17) is 4.74 Å². The van der Waals surface area contributed by atoms with E-state index in [1.165, 1.54) is 34.8 Å². The van der Waals surface area contributed by atoms with Crippen LogP contribution in [0.2, 0.25) is 0 Å². The third-order valence-electron chi connectivity index (χ3n) is 3.48. The van der Waals surface area contributed by atoms with Crippen LogP contribution >= 0.6 is 0 Å². The van der Waals surface area contributed by atoms with E-state index in [2.05, 4.69) is 15.3 Å². The van der Waals surface area contributed by atoms with Crippen molar-refractivity contribution in [1.29, 1.82) is 0 Å². The normalized spacial score (nSPS) is 11.0. The zero-order valence-electron chi connectivity index (χ0n) is 12.5. The Balaban J connectivity index is 1.80. The molecule has 4 rings (SSSR count). The van der Waals surface area contributed by atoms with Gasteiger partial charge in [-0.15, -0.1) is 15.3 Å². The minimum Gasteiger partial charge on any atom is -0.431 e. The summed E-state index contributed by atoms with van der Waals surface area (Å²) in [6.07, 6.45) is 0. The molecule has 0 aliphatic heterocycles. The van der Waals surface area contributed by atoms with Crippen molar-refractivity contribution in [3.63, 3.8) is 0 Å². The maximum atomic E-state index is 14.0. The highest BCUT2D eigenvalue weighted by atomic mass is 19.1. The molecule has 0 saturated carbocycles. The first-order valence-corrected chi connectivity index (χ1v) is 7.23. The molecule has 2 aromatic heterocycles. The van der Waals surface area contributed by atoms with E-state index in [1.807, 2.05) is 0 Å². The van der Waals surface area contributed by atoms with Crippen LogP contribution in [0.1, 0.15) is 0 Å². The van der Waals surface area contributed by atoms with Crippen molar-refractivity contribution in [2.45, 2.75) is 0 Å². The van der Waals surface area contributed by atoms with Crippen LogP contribution < -0.4 is 4.74 Å². The molecular formula is C17H9F3N4O. The molecule has 4 aromatic rings. The summed E-state index contributed by atoms with van der Waals surface area (Å²) >= 11 is 0. The van der Waals surface area contributed by atoms with Gasteiger partial charge in [0.25, 0.3) is 0 Å². The summed E-state index contributed by atoms with van der Waals surface area (Å²) in [4.78, 5) is 0. The van der Waals surface area contributed by atoms with Crippen molar-refractivity contribution >= 4 is 5.65 Å². The van der Waals surface area contributed by atoms with Gasteiger partial charge in [0.2, 0.25) is 11.6 Å². The Morgan fingerprint density at radius 2 is 1.48 bits per heavy atom. The van der Waals surface area contributed by atoms with E-state index in [0.29, 0.717) is 5.65 Å². The number of ether oxygens (including phenoxy) is 1. The Morgan fingerprint density at radius 1 is 0.760 bits per heavy atom. The highest BCUT2D eigenvalue weighted by Crippen LogP contribution is 2.27. The quantitative estimate of drug-likeness (QED) is 0.565. The van der Waals surface area contributed by atoms with Crippen LogP contribution in [-0.4, -0.2) is 19.8 Å². The standard InChI is InChI=1S/C17H9F3N4O/c18-11-5-2-1-4-10(11)17-22-21-14-8-9-15(23-24(14)17)25-16-12(19)6-3-7-13(16)20/h1-9H. The summed E-state index contributed by atoms with van der Waals surface area (Å²) in [6, 6.07) is 12.3. The molecule has 0 atom stereocenters. The van der Waals surface area contributed by atoms with Crippen molar-refractivity contribution < 1.29 is 17.9 Å². The predicted molar refractivity (Wildman–Crippen MR) is 82.6 cm³/mol. The first kappa shape index (κ1) is 15.1. The van der Waals surface area contributed by atoms with Gasteiger partial charge in [0.1, 0.15) is 5.82 Å². The molecule has 0 unspecified atom stereocenters. The van der Waals surface area contributed by atoms with E-state index in [-0.39, 0.29) is 17.3 Å². The molecule has 5 nitrogen and oxygen atoms in total. The molecule has 2 aromatic carbocycles. The molecule has 124 valence electrons. The lowest BCUT2D eigenvalue weighted by molar-refractivity contribution is 0.390. The number of nitrogens with zero attached hydrogens (tertiary/aromatic N) is 4. The van der Waals surface area contributed by atoms with Crippen LogP contribution in [0.3, 0.4) is 0 Å². The molecule has 8 heteroatoms. The van der Waals surface area contributed by atoms with Crippen LogP contribution in [0.4, 0.5) is 13.2 Å². The highest BCUT2D eigenvalue weighted by molar-refractivity contribution is 5.59. The second kappa shape index (κ2) is 5.90. The number of benzene rings is 2. The number of halogens is 3. The molecule has 0 N–H and O–H groups in total. The molecule has 0 fully saturated rings. The number of para-hydroxylation sites is 1. The average Bonchev–Trinajstić information content (AvgIpc) is 3.02. The van der Waals surface area contributed by atoms with Gasteiger partial charge in [-0.25, -0.2) is 13.2 Å². The lowest BCUT2D eigenvalue weighted by atomic mass is 10.2. The summed E-state index contributed by atoms with van der Waals surface area (Å²) in [7, 11) is 0. The molecule has 0 aliphatic rings. The first-order chi connectivity index (χ1) is 12.1. The summed E-state index contributed by atoms with van der Waals surface area (Å²) in [5.74, 6) is -2.73. The zero-order valence-corrected chi connectivity index (χ0v) is 12.5. The van der Waals surface area contributed by atoms with Crippen LogP contribution in [0.15, 0.2) is 54.6 Å². The number of fused-ring (bicyclic) bond motifs is 1. The lowest BCUT2D eigenvalue weighted by Crippen LogP contribution is -2.00. The van der Waals surface area contributed by atoms with Gasteiger partial charge in [0, 0.05) is 6.07 Å². The summed E-state index contributed by atoms with van der Waals surface area (Å²) in [5.41, 5.74) is 0.524. The smallest absolute Gasteiger partial charge is 0.237 e. The summed E-state index contributed by atoms with van der Waals surface area (Å²) < 4.78 is 47.9.